The third kappa shape index (κ3) is 4.63. The van der Waals surface area contributed by atoms with Crippen molar-refractivity contribution in [2.75, 3.05) is 11.9 Å². The standard InChI is InChI=1S/C21H22F3N3O4/c1-21(2,10-28)26-20(31)18(29)16-9-12(15-5-3-4-6-27(15)16)19(30)25-11-7-13(22)17(24)14(23)8-11/h7-9,28H,3-6,10H2,1-2H3,(H,25,30)(H,26,31). The number of aliphatic hydroxyl groups excluding tert-OH is 1. The van der Waals surface area contributed by atoms with E-state index in [0.717, 1.165) is 12.8 Å². The Morgan fingerprint density at radius 1 is 1.10 bits per heavy atom. The van der Waals surface area contributed by atoms with E-state index >= 15 is 0 Å². The minimum absolute atomic E-state index is 0.00237. The molecule has 0 atom stereocenters. The first-order valence-corrected chi connectivity index (χ1v) is 9.70. The van der Waals surface area contributed by atoms with Gasteiger partial charge < -0.3 is 20.3 Å². The molecule has 2 heterocycles. The Labute approximate surface area is 176 Å². The summed E-state index contributed by atoms with van der Waals surface area (Å²) in [7, 11) is 0. The van der Waals surface area contributed by atoms with Gasteiger partial charge in [0.15, 0.2) is 17.5 Å². The lowest BCUT2D eigenvalue weighted by molar-refractivity contribution is -0.119. The summed E-state index contributed by atoms with van der Waals surface area (Å²) >= 11 is 0. The molecule has 0 spiro atoms. The van der Waals surface area contributed by atoms with E-state index in [1.54, 1.807) is 18.4 Å². The number of fused-ring (bicyclic) bond motifs is 1. The first-order valence-electron chi connectivity index (χ1n) is 9.70. The van der Waals surface area contributed by atoms with E-state index in [9.17, 15) is 32.7 Å². The molecule has 1 aromatic carbocycles. The average Bonchev–Trinajstić information content (AvgIpc) is 3.11. The Hall–Kier alpha value is -3.14. The third-order valence-corrected chi connectivity index (χ3v) is 5.03. The zero-order chi connectivity index (χ0) is 22.9. The van der Waals surface area contributed by atoms with Gasteiger partial charge in [-0.3, -0.25) is 14.4 Å². The minimum atomic E-state index is -1.65. The zero-order valence-corrected chi connectivity index (χ0v) is 17.0. The van der Waals surface area contributed by atoms with Gasteiger partial charge >= 0.3 is 0 Å². The van der Waals surface area contributed by atoms with Crippen molar-refractivity contribution in [3.63, 3.8) is 0 Å². The van der Waals surface area contributed by atoms with Crippen molar-refractivity contribution in [3.8, 4) is 0 Å². The summed E-state index contributed by atoms with van der Waals surface area (Å²) in [5.74, 6) is -7.10. The summed E-state index contributed by atoms with van der Waals surface area (Å²) in [4.78, 5) is 37.9. The molecule has 1 aromatic heterocycles. The van der Waals surface area contributed by atoms with Gasteiger partial charge in [0.2, 0.25) is 0 Å². The van der Waals surface area contributed by atoms with Gasteiger partial charge in [-0.1, -0.05) is 0 Å². The van der Waals surface area contributed by atoms with Crippen LogP contribution in [0.25, 0.3) is 0 Å². The lowest BCUT2D eigenvalue weighted by atomic mass is 10.1. The van der Waals surface area contributed by atoms with Gasteiger partial charge in [-0.05, 0) is 39.2 Å². The average molecular weight is 437 g/mol. The van der Waals surface area contributed by atoms with Gasteiger partial charge in [-0.15, -0.1) is 0 Å². The first-order chi connectivity index (χ1) is 14.5. The molecule has 3 rings (SSSR count). The van der Waals surface area contributed by atoms with Crippen LogP contribution >= 0.6 is 0 Å². The van der Waals surface area contributed by atoms with Crippen molar-refractivity contribution >= 4 is 23.3 Å². The number of aliphatic hydroxyl groups is 1. The van der Waals surface area contributed by atoms with E-state index in [-0.39, 0.29) is 23.6 Å². The molecule has 0 unspecified atom stereocenters. The van der Waals surface area contributed by atoms with Gasteiger partial charge in [0, 0.05) is 30.1 Å². The van der Waals surface area contributed by atoms with E-state index in [0.29, 0.717) is 30.8 Å². The molecular weight excluding hydrogens is 415 g/mol. The monoisotopic (exact) mass is 437 g/mol. The van der Waals surface area contributed by atoms with Crippen molar-refractivity contribution in [1.29, 1.82) is 0 Å². The number of amides is 2. The number of carbonyl (C=O) groups is 3. The number of benzene rings is 1. The fourth-order valence-corrected chi connectivity index (χ4v) is 3.41. The molecular formula is C21H22F3N3O4. The second-order valence-electron chi connectivity index (χ2n) is 8.03. The number of aromatic nitrogens is 1. The van der Waals surface area contributed by atoms with Crippen LogP contribution in [-0.4, -0.2) is 39.4 Å². The van der Waals surface area contributed by atoms with Crippen LogP contribution < -0.4 is 10.6 Å². The van der Waals surface area contributed by atoms with Crippen molar-refractivity contribution in [1.82, 2.24) is 9.88 Å². The number of Topliss-reactive ketones (excluding diaryl/α,β-unsaturated/α-hetero) is 1. The number of nitrogens with one attached hydrogen (secondary N) is 2. The first kappa shape index (κ1) is 22.5. The maximum atomic E-state index is 13.5. The summed E-state index contributed by atoms with van der Waals surface area (Å²) in [6.45, 7) is 3.13. The summed E-state index contributed by atoms with van der Waals surface area (Å²) in [5.41, 5.74) is -0.692. The van der Waals surface area contributed by atoms with Crippen molar-refractivity contribution in [2.24, 2.45) is 0 Å². The van der Waals surface area contributed by atoms with Crippen LogP contribution in [0, 0.1) is 17.5 Å². The van der Waals surface area contributed by atoms with Gasteiger partial charge in [-0.25, -0.2) is 13.2 Å². The van der Waals surface area contributed by atoms with E-state index in [2.05, 4.69) is 10.6 Å². The lowest BCUT2D eigenvalue weighted by Crippen LogP contribution is -2.49. The van der Waals surface area contributed by atoms with E-state index < -0.39 is 40.6 Å². The second kappa shape index (κ2) is 8.54. The van der Waals surface area contributed by atoms with Crippen molar-refractivity contribution < 1.29 is 32.7 Å². The number of anilines is 1. The highest BCUT2D eigenvalue weighted by Crippen LogP contribution is 2.26. The normalized spacial score (nSPS) is 13.5. The number of carbonyl (C=O) groups excluding carboxylic acids is 3. The molecule has 0 fully saturated rings. The molecule has 0 radical (unpaired) electrons. The highest BCUT2D eigenvalue weighted by atomic mass is 19.2. The predicted molar refractivity (Wildman–Crippen MR) is 105 cm³/mol. The van der Waals surface area contributed by atoms with Crippen molar-refractivity contribution in [2.45, 2.75) is 45.2 Å². The van der Waals surface area contributed by atoms with E-state index in [1.165, 1.54) is 6.07 Å². The molecule has 0 saturated carbocycles. The summed E-state index contributed by atoms with van der Waals surface area (Å²) in [6, 6.07) is 2.56. The number of halogens is 3. The molecule has 3 N–H and O–H groups in total. The van der Waals surface area contributed by atoms with Crippen LogP contribution in [0.5, 0.6) is 0 Å². The van der Waals surface area contributed by atoms with Crippen LogP contribution in [-0.2, 0) is 17.8 Å². The number of rotatable bonds is 6. The Kier molecular flexibility index (Phi) is 6.21. The SMILES string of the molecule is CC(C)(CO)NC(=O)C(=O)c1cc(C(=O)Nc2cc(F)c(F)c(F)c2)c2n1CCCC2. The van der Waals surface area contributed by atoms with Gasteiger partial charge in [-0.2, -0.15) is 0 Å². The molecule has 1 aliphatic rings. The fraction of sp³-hybridized carbons (Fsp3) is 0.381. The Morgan fingerprint density at radius 3 is 2.35 bits per heavy atom. The predicted octanol–water partition coefficient (Wildman–Crippen LogP) is 2.56. The van der Waals surface area contributed by atoms with Gasteiger partial charge in [0.05, 0.1) is 23.4 Å². The molecule has 31 heavy (non-hydrogen) atoms. The summed E-state index contributed by atoms with van der Waals surface area (Å²) in [6.07, 6.45) is 1.95. The molecule has 10 heteroatoms. The minimum Gasteiger partial charge on any atom is -0.394 e. The Balaban J connectivity index is 1.92. The molecule has 0 saturated heterocycles. The Bertz CT molecular complexity index is 1040. The Morgan fingerprint density at radius 2 is 1.74 bits per heavy atom. The lowest BCUT2D eigenvalue weighted by Gasteiger charge is -2.23. The topological polar surface area (TPSA) is 100 Å². The second-order valence-corrected chi connectivity index (χ2v) is 8.03. The van der Waals surface area contributed by atoms with Crippen LogP contribution in [0.3, 0.4) is 0 Å². The van der Waals surface area contributed by atoms with Crippen LogP contribution in [0.2, 0.25) is 0 Å². The highest BCUT2D eigenvalue weighted by Gasteiger charge is 2.31. The maximum Gasteiger partial charge on any atom is 0.294 e. The quantitative estimate of drug-likeness (QED) is 0.367. The third-order valence-electron chi connectivity index (χ3n) is 5.03. The molecule has 7 nitrogen and oxygen atoms in total. The molecule has 2 aromatic rings. The zero-order valence-electron chi connectivity index (χ0n) is 17.0. The number of hydrogen-bond donors (Lipinski definition) is 3. The fourth-order valence-electron chi connectivity index (χ4n) is 3.41. The molecule has 0 bridgehead atoms. The van der Waals surface area contributed by atoms with Gasteiger partial charge in [0.1, 0.15) is 0 Å². The molecule has 2 amide bonds. The van der Waals surface area contributed by atoms with Crippen molar-refractivity contribution in [3.05, 3.63) is 52.6 Å². The van der Waals surface area contributed by atoms with E-state index in [1.807, 2.05) is 0 Å². The summed E-state index contributed by atoms with van der Waals surface area (Å²) in [5, 5.41) is 14.0. The highest BCUT2D eigenvalue weighted by molar-refractivity contribution is 6.42. The number of hydrogen-bond acceptors (Lipinski definition) is 4. The number of nitrogens with zero attached hydrogens (tertiary/aromatic N) is 1. The van der Waals surface area contributed by atoms with Crippen LogP contribution in [0.15, 0.2) is 18.2 Å². The molecule has 1 aliphatic heterocycles. The summed E-state index contributed by atoms with van der Waals surface area (Å²) < 4.78 is 41.6. The smallest absolute Gasteiger partial charge is 0.294 e. The number of ketones is 1. The van der Waals surface area contributed by atoms with Gasteiger partial charge in [0.25, 0.3) is 17.6 Å². The van der Waals surface area contributed by atoms with Crippen LogP contribution in [0.4, 0.5) is 18.9 Å². The maximum absolute atomic E-state index is 13.5. The van der Waals surface area contributed by atoms with Crippen LogP contribution in [0.1, 0.15) is 53.2 Å². The van der Waals surface area contributed by atoms with E-state index in [4.69, 9.17) is 0 Å². The molecule has 0 aliphatic carbocycles. The largest absolute Gasteiger partial charge is 0.394 e. The molecule has 166 valence electrons.